The molecule has 1 heterocycles. The number of carbonyl (C=O) groups is 1. The Morgan fingerprint density at radius 1 is 1.15 bits per heavy atom. The average molecular weight is 375 g/mol. The fourth-order valence-electron chi connectivity index (χ4n) is 1.94. The number of nitrogens with zero attached hydrogens (tertiary/aromatic N) is 1. The zero-order chi connectivity index (χ0) is 19.5. The van der Waals surface area contributed by atoms with Gasteiger partial charge in [0.05, 0.1) is 12.2 Å². The van der Waals surface area contributed by atoms with E-state index in [0.717, 1.165) is 36.5 Å². The summed E-state index contributed by atoms with van der Waals surface area (Å²) in [5.41, 5.74) is -4.27. The summed E-state index contributed by atoms with van der Waals surface area (Å²) in [6, 6.07) is 4.73. The fraction of sp³-hybridized carbons (Fsp3) is 0.294. The Labute approximate surface area is 145 Å². The highest BCUT2D eigenvalue weighted by atomic mass is 19.4. The third-order valence-electron chi connectivity index (χ3n) is 3.46. The van der Waals surface area contributed by atoms with Gasteiger partial charge in [0, 0.05) is 6.20 Å². The number of carbonyl (C=O) groups excluding carboxylic acids is 1. The van der Waals surface area contributed by atoms with Crippen LogP contribution in [0.15, 0.2) is 36.5 Å². The second kappa shape index (κ2) is 7.27. The molecule has 0 aliphatic heterocycles. The van der Waals surface area contributed by atoms with Crippen molar-refractivity contribution < 1.29 is 36.2 Å². The van der Waals surface area contributed by atoms with Gasteiger partial charge in [0.1, 0.15) is 5.75 Å². The number of alkyl halides is 4. The number of aromatic nitrogens is 1. The molecular formula is C17H14F5NO3. The van der Waals surface area contributed by atoms with Crippen molar-refractivity contribution in [3.63, 3.8) is 0 Å². The monoisotopic (exact) mass is 375 g/mol. The van der Waals surface area contributed by atoms with Gasteiger partial charge in [-0.1, -0.05) is 12.1 Å². The third-order valence-corrected chi connectivity index (χ3v) is 3.46. The van der Waals surface area contributed by atoms with Gasteiger partial charge in [0.25, 0.3) is 5.88 Å². The Bertz CT molecular complexity index is 788. The van der Waals surface area contributed by atoms with Gasteiger partial charge in [-0.25, -0.2) is 18.6 Å². The molecule has 0 saturated heterocycles. The normalized spacial score (nSPS) is 13.8. The second-order valence-electron chi connectivity index (χ2n) is 5.36. The lowest BCUT2D eigenvalue weighted by Gasteiger charge is -2.24. The van der Waals surface area contributed by atoms with Crippen LogP contribution in [0, 0.1) is 5.82 Å². The zero-order valence-electron chi connectivity index (χ0n) is 13.7. The van der Waals surface area contributed by atoms with Gasteiger partial charge in [-0.3, -0.25) is 0 Å². The van der Waals surface area contributed by atoms with E-state index in [9.17, 15) is 26.7 Å². The van der Waals surface area contributed by atoms with Crippen molar-refractivity contribution in [2.45, 2.75) is 25.7 Å². The van der Waals surface area contributed by atoms with Crippen molar-refractivity contribution in [3.05, 3.63) is 53.5 Å². The molecule has 4 nitrogen and oxygen atoms in total. The van der Waals surface area contributed by atoms with Crippen LogP contribution in [-0.2, 0) is 10.4 Å². The summed E-state index contributed by atoms with van der Waals surface area (Å²) in [4.78, 5) is 15.1. The minimum atomic E-state index is -5.08. The van der Waals surface area contributed by atoms with E-state index in [0.29, 0.717) is 6.92 Å². The van der Waals surface area contributed by atoms with Crippen LogP contribution in [0.1, 0.15) is 29.8 Å². The van der Waals surface area contributed by atoms with E-state index in [1.807, 2.05) is 0 Å². The molecule has 0 spiro atoms. The summed E-state index contributed by atoms with van der Waals surface area (Å²) in [6.45, 7) is 2.10. The average Bonchev–Trinajstić information content (AvgIpc) is 2.56. The summed E-state index contributed by atoms with van der Waals surface area (Å²) in [5.74, 6) is -2.28. The quantitative estimate of drug-likeness (QED) is 0.549. The van der Waals surface area contributed by atoms with Crippen LogP contribution in [0.5, 0.6) is 11.6 Å². The molecule has 1 aromatic heterocycles. The second-order valence-corrected chi connectivity index (χ2v) is 5.36. The molecule has 0 aliphatic rings. The lowest BCUT2D eigenvalue weighted by molar-refractivity contribution is -0.228. The molecule has 140 valence electrons. The number of hydrogen-bond donors (Lipinski definition) is 0. The van der Waals surface area contributed by atoms with Crippen LogP contribution >= 0.6 is 0 Å². The number of ether oxygens (including phenoxy) is 2. The molecule has 2 rings (SSSR count). The van der Waals surface area contributed by atoms with Gasteiger partial charge in [-0.05, 0) is 37.6 Å². The SMILES string of the molecule is CCOC(=O)c1cnc(Oc2ccc(C(C)(F)C(F)(F)F)cc2)c(F)c1. The summed E-state index contributed by atoms with van der Waals surface area (Å²) >= 11 is 0. The first-order chi connectivity index (χ1) is 12.1. The summed E-state index contributed by atoms with van der Waals surface area (Å²) in [5, 5.41) is 0. The highest BCUT2D eigenvalue weighted by molar-refractivity contribution is 5.89. The number of pyridine rings is 1. The number of rotatable bonds is 5. The third kappa shape index (κ3) is 4.09. The van der Waals surface area contributed by atoms with Gasteiger partial charge in [-0.15, -0.1) is 0 Å². The summed E-state index contributed by atoms with van der Waals surface area (Å²) in [6.07, 6.45) is -4.04. The smallest absolute Gasteiger partial charge is 0.426 e. The number of benzene rings is 1. The maximum absolute atomic E-state index is 14.0. The van der Waals surface area contributed by atoms with Gasteiger partial charge in [-0.2, -0.15) is 13.2 Å². The number of halogens is 5. The molecule has 1 unspecified atom stereocenters. The van der Waals surface area contributed by atoms with Crippen molar-refractivity contribution in [1.29, 1.82) is 0 Å². The molecule has 1 aromatic carbocycles. The molecule has 0 radical (unpaired) electrons. The van der Waals surface area contributed by atoms with Crippen molar-refractivity contribution >= 4 is 5.97 Å². The molecule has 0 N–H and O–H groups in total. The Morgan fingerprint density at radius 3 is 2.27 bits per heavy atom. The molecule has 0 fully saturated rings. The summed E-state index contributed by atoms with van der Waals surface area (Å²) in [7, 11) is 0. The Hall–Kier alpha value is -2.71. The first-order valence-corrected chi connectivity index (χ1v) is 7.43. The van der Waals surface area contributed by atoms with E-state index in [-0.39, 0.29) is 17.9 Å². The van der Waals surface area contributed by atoms with Crippen LogP contribution in [0.25, 0.3) is 0 Å². The molecule has 9 heteroatoms. The number of esters is 1. The zero-order valence-corrected chi connectivity index (χ0v) is 13.7. The van der Waals surface area contributed by atoms with Crippen LogP contribution in [0.2, 0.25) is 0 Å². The van der Waals surface area contributed by atoms with E-state index in [1.165, 1.54) is 0 Å². The fourth-order valence-corrected chi connectivity index (χ4v) is 1.94. The molecular weight excluding hydrogens is 361 g/mol. The minimum absolute atomic E-state index is 0.0537. The first kappa shape index (κ1) is 19.6. The maximum Gasteiger partial charge on any atom is 0.426 e. The van der Waals surface area contributed by atoms with Crippen LogP contribution < -0.4 is 4.74 Å². The predicted molar refractivity (Wildman–Crippen MR) is 81.2 cm³/mol. The van der Waals surface area contributed by atoms with Crippen molar-refractivity contribution in [2.75, 3.05) is 6.61 Å². The topological polar surface area (TPSA) is 48.4 Å². The van der Waals surface area contributed by atoms with Gasteiger partial charge >= 0.3 is 12.1 Å². The predicted octanol–water partition coefficient (Wildman–Crippen LogP) is 4.94. The van der Waals surface area contributed by atoms with Crippen LogP contribution in [0.3, 0.4) is 0 Å². The van der Waals surface area contributed by atoms with Gasteiger partial charge < -0.3 is 9.47 Å². The lowest BCUT2D eigenvalue weighted by Crippen LogP contribution is -2.34. The largest absolute Gasteiger partial charge is 0.462 e. The molecule has 26 heavy (non-hydrogen) atoms. The van der Waals surface area contributed by atoms with E-state index in [1.54, 1.807) is 6.92 Å². The molecule has 0 aliphatic carbocycles. The first-order valence-electron chi connectivity index (χ1n) is 7.43. The van der Waals surface area contributed by atoms with E-state index in [4.69, 9.17) is 9.47 Å². The lowest BCUT2D eigenvalue weighted by atomic mass is 9.97. The van der Waals surface area contributed by atoms with Crippen molar-refractivity contribution in [1.82, 2.24) is 4.98 Å². The Kier molecular flexibility index (Phi) is 5.48. The standard InChI is InChI=1S/C17H14F5NO3/c1-3-25-15(24)10-8-13(18)14(23-9-10)26-12-6-4-11(5-7-12)16(2,19)17(20,21)22/h4-9H,3H2,1-2H3. The van der Waals surface area contributed by atoms with E-state index < -0.39 is 35.1 Å². The molecule has 1 atom stereocenters. The Balaban J connectivity index is 2.18. The molecule has 0 amide bonds. The highest BCUT2D eigenvalue weighted by Crippen LogP contribution is 2.42. The highest BCUT2D eigenvalue weighted by Gasteiger charge is 2.53. The molecule has 0 saturated carbocycles. The van der Waals surface area contributed by atoms with E-state index in [2.05, 4.69) is 4.98 Å². The van der Waals surface area contributed by atoms with Crippen LogP contribution in [0.4, 0.5) is 22.0 Å². The minimum Gasteiger partial charge on any atom is -0.462 e. The van der Waals surface area contributed by atoms with E-state index >= 15 is 0 Å². The maximum atomic E-state index is 14.0. The molecule has 0 bridgehead atoms. The number of hydrogen-bond acceptors (Lipinski definition) is 4. The van der Waals surface area contributed by atoms with Crippen molar-refractivity contribution in [3.8, 4) is 11.6 Å². The van der Waals surface area contributed by atoms with Crippen molar-refractivity contribution in [2.24, 2.45) is 0 Å². The van der Waals surface area contributed by atoms with Gasteiger partial charge in [0.15, 0.2) is 5.82 Å². The van der Waals surface area contributed by atoms with Gasteiger partial charge in [0.2, 0.25) is 5.67 Å². The Morgan fingerprint density at radius 2 is 1.77 bits per heavy atom. The summed E-state index contributed by atoms with van der Waals surface area (Å²) < 4.78 is 75.6. The van der Waals surface area contributed by atoms with Crippen LogP contribution in [-0.4, -0.2) is 23.7 Å². The molecule has 2 aromatic rings.